The molecule has 8 heteroatoms. The first kappa shape index (κ1) is 16.6. The second kappa shape index (κ2) is 6.13. The Kier molecular flexibility index (Phi) is 4.62. The van der Waals surface area contributed by atoms with E-state index in [9.17, 15) is 13.2 Å². The average molecular weight is 328 g/mol. The Morgan fingerprint density at radius 2 is 1.86 bits per heavy atom. The van der Waals surface area contributed by atoms with Crippen molar-refractivity contribution in [1.82, 2.24) is 10.0 Å². The summed E-state index contributed by atoms with van der Waals surface area (Å²) < 4.78 is 37.4. The van der Waals surface area contributed by atoms with Crippen LogP contribution in [0.15, 0.2) is 17.0 Å². The second-order valence-electron chi connectivity index (χ2n) is 5.36. The van der Waals surface area contributed by atoms with Crippen LogP contribution in [0.2, 0.25) is 0 Å². The standard InChI is InChI=1S/C14H20N2O5S/c1-8(2)15-14(17)10-5-9-6-11(20-3)12(21-4)7-13(9)22(18,19)16-10/h6-8,10,16H,5H2,1-4H3,(H,15,17). The van der Waals surface area contributed by atoms with Crippen LogP contribution in [0.1, 0.15) is 19.4 Å². The third kappa shape index (κ3) is 3.17. The Morgan fingerprint density at radius 1 is 1.27 bits per heavy atom. The number of hydrogen-bond donors (Lipinski definition) is 2. The molecule has 1 heterocycles. The van der Waals surface area contributed by atoms with Crippen LogP contribution in [-0.2, 0) is 21.2 Å². The van der Waals surface area contributed by atoms with E-state index in [1.807, 2.05) is 13.8 Å². The van der Waals surface area contributed by atoms with Gasteiger partial charge in [-0.1, -0.05) is 0 Å². The number of ether oxygens (including phenoxy) is 2. The Bertz CT molecular complexity index is 685. The maximum atomic E-state index is 12.4. The Balaban J connectivity index is 2.43. The molecule has 1 aliphatic heterocycles. The number of amides is 1. The summed E-state index contributed by atoms with van der Waals surface area (Å²) in [7, 11) is -0.865. The van der Waals surface area contributed by atoms with E-state index in [2.05, 4.69) is 10.0 Å². The SMILES string of the molecule is COc1cc2c(cc1OC)S(=O)(=O)NC(C(=O)NC(C)C)C2. The van der Waals surface area contributed by atoms with Gasteiger partial charge < -0.3 is 14.8 Å². The van der Waals surface area contributed by atoms with Crippen molar-refractivity contribution in [3.05, 3.63) is 17.7 Å². The van der Waals surface area contributed by atoms with E-state index < -0.39 is 16.1 Å². The number of benzene rings is 1. The van der Waals surface area contributed by atoms with Gasteiger partial charge in [-0.2, -0.15) is 4.72 Å². The van der Waals surface area contributed by atoms with Crippen molar-refractivity contribution in [3.8, 4) is 11.5 Å². The van der Waals surface area contributed by atoms with Crippen LogP contribution >= 0.6 is 0 Å². The monoisotopic (exact) mass is 328 g/mol. The predicted molar refractivity (Wildman–Crippen MR) is 80.6 cm³/mol. The fourth-order valence-electron chi connectivity index (χ4n) is 2.36. The van der Waals surface area contributed by atoms with E-state index >= 15 is 0 Å². The molecule has 22 heavy (non-hydrogen) atoms. The van der Waals surface area contributed by atoms with Gasteiger partial charge in [0.15, 0.2) is 11.5 Å². The number of hydrogen-bond acceptors (Lipinski definition) is 5. The summed E-state index contributed by atoms with van der Waals surface area (Å²) >= 11 is 0. The molecule has 0 radical (unpaired) electrons. The van der Waals surface area contributed by atoms with Crippen LogP contribution in [0.4, 0.5) is 0 Å². The molecule has 1 aliphatic rings. The van der Waals surface area contributed by atoms with E-state index in [0.717, 1.165) is 0 Å². The van der Waals surface area contributed by atoms with Crippen molar-refractivity contribution in [2.45, 2.75) is 37.2 Å². The van der Waals surface area contributed by atoms with Gasteiger partial charge in [0.25, 0.3) is 0 Å². The predicted octanol–water partition coefficient (Wildman–Crippen LogP) is 0.431. The molecule has 1 amide bonds. The summed E-state index contributed by atoms with van der Waals surface area (Å²) in [5, 5.41) is 2.71. The fraction of sp³-hybridized carbons (Fsp3) is 0.500. The van der Waals surface area contributed by atoms with Crippen LogP contribution in [-0.4, -0.2) is 40.6 Å². The van der Waals surface area contributed by atoms with Crippen molar-refractivity contribution >= 4 is 15.9 Å². The highest BCUT2D eigenvalue weighted by molar-refractivity contribution is 7.89. The molecular formula is C14H20N2O5S. The number of carbonyl (C=O) groups is 1. The van der Waals surface area contributed by atoms with Crippen LogP contribution < -0.4 is 19.5 Å². The molecule has 0 aromatic heterocycles. The van der Waals surface area contributed by atoms with Gasteiger partial charge in [0, 0.05) is 12.1 Å². The number of carbonyl (C=O) groups excluding carboxylic acids is 1. The first-order valence-electron chi connectivity index (χ1n) is 6.86. The molecule has 0 spiro atoms. The van der Waals surface area contributed by atoms with E-state index in [-0.39, 0.29) is 23.3 Å². The maximum Gasteiger partial charge on any atom is 0.241 e. The van der Waals surface area contributed by atoms with Crippen LogP contribution in [0, 0.1) is 0 Å². The van der Waals surface area contributed by atoms with Crippen LogP contribution in [0.5, 0.6) is 11.5 Å². The molecule has 0 saturated carbocycles. The highest BCUT2D eigenvalue weighted by Crippen LogP contribution is 2.35. The molecule has 2 rings (SSSR count). The minimum Gasteiger partial charge on any atom is -0.493 e. The first-order valence-corrected chi connectivity index (χ1v) is 8.34. The summed E-state index contributed by atoms with van der Waals surface area (Å²) in [4.78, 5) is 12.2. The van der Waals surface area contributed by atoms with E-state index in [0.29, 0.717) is 17.1 Å². The highest BCUT2D eigenvalue weighted by atomic mass is 32.2. The normalized spacial score (nSPS) is 19.4. The third-order valence-electron chi connectivity index (χ3n) is 3.33. The molecular weight excluding hydrogens is 308 g/mol. The lowest BCUT2D eigenvalue weighted by molar-refractivity contribution is -0.123. The zero-order valence-electron chi connectivity index (χ0n) is 13.0. The number of rotatable bonds is 4. The van der Waals surface area contributed by atoms with Crippen LogP contribution in [0.25, 0.3) is 0 Å². The molecule has 0 bridgehead atoms. The molecule has 0 saturated heterocycles. The van der Waals surface area contributed by atoms with E-state index in [1.54, 1.807) is 6.07 Å². The summed E-state index contributed by atoms with van der Waals surface area (Å²) in [6, 6.07) is 2.11. The quantitative estimate of drug-likeness (QED) is 0.836. The van der Waals surface area contributed by atoms with Crippen molar-refractivity contribution in [2.24, 2.45) is 0 Å². The smallest absolute Gasteiger partial charge is 0.241 e. The zero-order chi connectivity index (χ0) is 16.5. The largest absolute Gasteiger partial charge is 0.493 e. The second-order valence-corrected chi connectivity index (χ2v) is 7.04. The summed E-state index contributed by atoms with van der Waals surface area (Å²) in [6.45, 7) is 3.63. The van der Waals surface area contributed by atoms with Gasteiger partial charge in [0.2, 0.25) is 15.9 Å². The lowest BCUT2D eigenvalue weighted by Gasteiger charge is -2.26. The van der Waals surface area contributed by atoms with Crippen molar-refractivity contribution in [3.63, 3.8) is 0 Å². The van der Waals surface area contributed by atoms with Gasteiger partial charge in [-0.25, -0.2) is 8.42 Å². The molecule has 1 aromatic rings. The van der Waals surface area contributed by atoms with Gasteiger partial charge in [0.1, 0.15) is 6.04 Å². The Labute approximate surface area is 130 Å². The Hall–Kier alpha value is -1.80. The minimum atomic E-state index is -3.78. The molecule has 0 fully saturated rings. The molecule has 2 N–H and O–H groups in total. The topological polar surface area (TPSA) is 93.7 Å². The summed E-state index contributed by atoms with van der Waals surface area (Å²) in [5.74, 6) is 0.414. The van der Waals surface area contributed by atoms with Crippen molar-refractivity contribution in [1.29, 1.82) is 0 Å². The average Bonchev–Trinajstić information content (AvgIpc) is 2.44. The Morgan fingerprint density at radius 3 is 2.41 bits per heavy atom. The first-order chi connectivity index (χ1) is 10.3. The lowest BCUT2D eigenvalue weighted by atomic mass is 10.0. The molecule has 1 aromatic carbocycles. The fourth-order valence-corrected chi connectivity index (χ4v) is 3.80. The van der Waals surface area contributed by atoms with Crippen molar-refractivity contribution in [2.75, 3.05) is 14.2 Å². The van der Waals surface area contributed by atoms with Gasteiger partial charge >= 0.3 is 0 Å². The number of nitrogens with one attached hydrogen (secondary N) is 2. The highest BCUT2D eigenvalue weighted by Gasteiger charge is 2.34. The molecule has 1 atom stereocenters. The van der Waals surface area contributed by atoms with Gasteiger partial charge in [-0.15, -0.1) is 0 Å². The molecule has 0 aliphatic carbocycles. The maximum absolute atomic E-state index is 12.4. The van der Waals surface area contributed by atoms with E-state index in [4.69, 9.17) is 9.47 Å². The van der Waals surface area contributed by atoms with E-state index in [1.165, 1.54) is 20.3 Å². The van der Waals surface area contributed by atoms with Crippen molar-refractivity contribution < 1.29 is 22.7 Å². The van der Waals surface area contributed by atoms with Gasteiger partial charge in [-0.3, -0.25) is 4.79 Å². The zero-order valence-corrected chi connectivity index (χ0v) is 13.8. The lowest BCUT2D eigenvalue weighted by Crippen LogP contribution is -2.51. The minimum absolute atomic E-state index is 0.0659. The summed E-state index contributed by atoms with van der Waals surface area (Å²) in [5.41, 5.74) is 0.528. The molecule has 1 unspecified atom stereocenters. The molecule has 7 nitrogen and oxygen atoms in total. The number of fused-ring (bicyclic) bond motifs is 1. The van der Waals surface area contributed by atoms with Gasteiger partial charge in [-0.05, 0) is 31.9 Å². The summed E-state index contributed by atoms with van der Waals surface area (Å²) in [6.07, 6.45) is 0.257. The number of sulfonamides is 1. The van der Waals surface area contributed by atoms with Crippen LogP contribution in [0.3, 0.4) is 0 Å². The molecule has 122 valence electrons. The number of methoxy groups -OCH3 is 2. The van der Waals surface area contributed by atoms with Gasteiger partial charge in [0.05, 0.1) is 19.1 Å². The third-order valence-corrected chi connectivity index (χ3v) is 4.88.